The highest BCUT2D eigenvalue weighted by atomic mass is 35.5. The minimum Gasteiger partial charge on any atom is -0.404 e. The Balaban J connectivity index is 1.34. The molecule has 0 radical (unpaired) electrons. The standard InChI is InChI=1S/C51H52ClF10N7O13P2S2/c1-24-14-29(83(72,73)74)19-36(82-84(75,76)77)41(24)47(2,3)21-38(71)69(86(7,80)81)46-40-34(52)11-10-31(43(40)68(66-46)23-49(55,56)57)30-9-8-28(12-13-48(4,5)85(6,78)79)63-42(30)35(17-25-15-26(53)18-27(54)16-25)64-37(70)22-67-45-39(44(65-67)51(60,61)62)32-20-33(32)50(45,58)59/h8-11,14-16,18-19,32-33,35H,12-13,17,20-23H2,1-7H3,(H,64,70)(H2,72,73,74)(H2,75,76,77)/t32?,33-,35+/m1/s1. The van der Waals surface area contributed by atoms with Gasteiger partial charge in [-0.15, -0.1) is 0 Å². The van der Waals surface area contributed by atoms with Crippen LogP contribution in [0.5, 0.6) is 5.75 Å². The Bertz CT molecular complexity index is 4090. The highest BCUT2D eigenvalue weighted by Crippen LogP contribution is 2.68. The number of phosphoric ester groups is 1. The lowest BCUT2D eigenvalue weighted by molar-refractivity contribution is -0.143. The van der Waals surface area contributed by atoms with E-state index >= 15 is 8.78 Å². The number of carbonyl (C=O) groups excluding carboxylic acids is 2. The van der Waals surface area contributed by atoms with Crippen molar-refractivity contribution in [3.8, 4) is 16.9 Å². The molecule has 1 unspecified atom stereocenters. The number of aryl methyl sites for hydroxylation is 2. The maximum absolute atomic E-state index is 15.7. The summed E-state index contributed by atoms with van der Waals surface area (Å²) < 4.78 is 231. The molecule has 468 valence electrons. The van der Waals surface area contributed by atoms with Crippen LogP contribution in [0.4, 0.5) is 49.7 Å². The van der Waals surface area contributed by atoms with Gasteiger partial charge in [-0.05, 0) is 99.9 Å². The molecule has 2 amide bonds. The first-order valence-electron chi connectivity index (χ1n) is 25.3. The fourth-order valence-electron chi connectivity index (χ4n) is 10.8. The predicted molar refractivity (Wildman–Crippen MR) is 290 cm³/mol. The van der Waals surface area contributed by atoms with Crippen molar-refractivity contribution in [2.75, 3.05) is 16.8 Å². The largest absolute Gasteiger partial charge is 0.524 e. The highest BCUT2D eigenvalue weighted by Gasteiger charge is 2.68. The Hall–Kier alpha value is -5.98. The molecule has 0 aliphatic heterocycles. The molecule has 86 heavy (non-hydrogen) atoms. The molecule has 8 rings (SSSR count). The minimum absolute atomic E-state index is 0.0177. The van der Waals surface area contributed by atoms with Gasteiger partial charge in [0.05, 0.1) is 44.0 Å². The fourth-order valence-corrected chi connectivity index (χ4v) is 13.4. The van der Waals surface area contributed by atoms with Crippen LogP contribution in [-0.4, -0.2) is 96.2 Å². The number of pyridine rings is 1. The molecule has 3 heterocycles. The number of halogens is 11. The maximum Gasteiger partial charge on any atom is 0.524 e. The van der Waals surface area contributed by atoms with Crippen molar-refractivity contribution in [3.63, 3.8) is 0 Å². The lowest BCUT2D eigenvalue weighted by Crippen LogP contribution is -2.40. The normalized spacial score (nSPS) is 16.9. The number of phosphoric acid groups is 1. The zero-order chi connectivity index (χ0) is 64.4. The first-order chi connectivity index (χ1) is 39.1. The van der Waals surface area contributed by atoms with Gasteiger partial charge in [-0.2, -0.15) is 49.6 Å². The molecule has 2 aliphatic rings. The number of hydrogen-bond donors (Lipinski definition) is 5. The number of nitrogens with zero attached hydrogens (tertiary/aromatic N) is 6. The summed E-state index contributed by atoms with van der Waals surface area (Å²) in [4.78, 5) is 73.3. The molecule has 3 aromatic carbocycles. The molecule has 0 spiro atoms. The summed E-state index contributed by atoms with van der Waals surface area (Å²) >= 11 is 6.78. The third-order valence-electron chi connectivity index (χ3n) is 14.8. The fraction of sp³-hybridized carbons (Fsp3) is 0.431. The van der Waals surface area contributed by atoms with Gasteiger partial charge in [0.2, 0.25) is 21.8 Å². The molecule has 5 N–H and O–H groups in total. The predicted octanol–water partition coefficient (Wildman–Crippen LogP) is 9.12. The van der Waals surface area contributed by atoms with E-state index in [1.54, 1.807) is 0 Å². The quantitative estimate of drug-likeness (QED) is 0.0352. The molecule has 3 aromatic heterocycles. The van der Waals surface area contributed by atoms with Gasteiger partial charge in [-0.3, -0.25) is 38.3 Å². The van der Waals surface area contributed by atoms with Crippen LogP contribution < -0.4 is 19.5 Å². The average Bonchev–Trinajstić information content (AvgIpc) is 1.54. The van der Waals surface area contributed by atoms with E-state index in [-0.39, 0.29) is 60.9 Å². The first kappa shape index (κ1) is 66.0. The molecule has 2 aliphatic carbocycles. The zero-order valence-electron chi connectivity index (χ0n) is 45.9. The van der Waals surface area contributed by atoms with Crippen LogP contribution in [0.25, 0.3) is 22.0 Å². The van der Waals surface area contributed by atoms with Gasteiger partial charge in [-0.25, -0.2) is 30.2 Å². The minimum atomic E-state index is -5.57. The van der Waals surface area contributed by atoms with E-state index in [1.165, 1.54) is 46.8 Å². The van der Waals surface area contributed by atoms with Gasteiger partial charge in [-0.1, -0.05) is 37.6 Å². The monoisotopic (exact) mass is 1320 g/mol. The molecule has 0 saturated heterocycles. The summed E-state index contributed by atoms with van der Waals surface area (Å²) in [7, 11) is -19.6. The number of carbonyl (C=O) groups is 2. The second-order valence-electron chi connectivity index (χ2n) is 22.4. The number of hydrogen-bond acceptors (Lipinski definition) is 12. The van der Waals surface area contributed by atoms with Gasteiger partial charge in [0.1, 0.15) is 36.2 Å². The van der Waals surface area contributed by atoms with Crippen molar-refractivity contribution < 1.29 is 104 Å². The molecule has 0 bridgehead atoms. The maximum atomic E-state index is 15.7. The Morgan fingerprint density at radius 3 is 2.07 bits per heavy atom. The first-order valence-corrected chi connectivity index (χ1v) is 32.6. The van der Waals surface area contributed by atoms with Crippen LogP contribution in [0, 0.1) is 24.5 Å². The lowest BCUT2D eigenvalue weighted by Gasteiger charge is -2.31. The third-order valence-corrected chi connectivity index (χ3v) is 19.7. The van der Waals surface area contributed by atoms with Crippen molar-refractivity contribution in [1.82, 2.24) is 29.9 Å². The van der Waals surface area contributed by atoms with E-state index in [0.717, 1.165) is 36.6 Å². The number of amides is 2. The lowest BCUT2D eigenvalue weighted by atomic mass is 9.78. The van der Waals surface area contributed by atoms with Crippen molar-refractivity contribution in [2.24, 2.45) is 5.92 Å². The molecule has 3 atom stereocenters. The van der Waals surface area contributed by atoms with E-state index in [2.05, 4.69) is 15.5 Å². The van der Waals surface area contributed by atoms with Gasteiger partial charge < -0.3 is 19.6 Å². The van der Waals surface area contributed by atoms with Crippen molar-refractivity contribution in [2.45, 2.75) is 120 Å². The summed E-state index contributed by atoms with van der Waals surface area (Å²) in [5, 5.41) is 7.75. The van der Waals surface area contributed by atoms with Crippen molar-refractivity contribution in [3.05, 3.63) is 116 Å². The van der Waals surface area contributed by atoms with E-state index in [0.29, 0.717) is 18.4 Å². The number of fused-ring (bicyclic) bond motifs is 4. The van der Waals surface area contributed by atoms with Crippen LogP contribution in [0.1, 0.15) is 104 Å². The second kappa shape index (κ2) is 22.3. The number of sulfonamides is 1. The SMILES string of the molecule is Cc1cc(P(=O)(O)O)cc(OP(=O)(O)O)c1C(C)(C)CC(=O)N(c1nn(CC(F)(F)F)c2c(-c3ccc(CCC(C)(C)S(C)(=O)=O)nc3[C@H](Cc3cc(F)cc(F)c3)NC(=O)Cn3nc(C(F)(F)F)c4c3C(F)(F)[C@@H]3CC43)ccc(Cl)c12)S(C)(=O)=O. The molecule has 6 aromatic rings. The van der Waals surface area contributed by atoms with Crippen molar-refractivity contribution >= 4 is 80.7 Å². The van der Waals surface area contributed by atoms with E-state index < -0.39 is 192 Å². The molecule has 35 heteroatoms. The molecule has 20 nitrogen and oxygen atoms in total. The van der Waals surface area contributed by atoms with E-state index in [4.69, 9.17) is 21.1 Å². The number of benzene rings is 3. The number of aromatic nitrogens is 5. The zero-order valence-corrected chi connectivity index (χ0v) is 50.1. The van der Waals surface area contributed by atoms with Crippen LogP contribution in [0.2, 0.25) is 5.02 Å². The summed E-state index contributed by atoms with van der Waals surface area (Å²) in [6.07, 6.45) is -11.6. The summed E-state index contributed by atoms with van der Waals surface area (Å²) in [6, 6.07) is 6.21. The average molecular weight is 1320 g/mol. The number of sulfone groups is 1. The summed E-state index contributed by atoms with van der Waals surface area (Å²) in [5.41, 5.74) is -8.26. The number of alkyl halides is 8. The summed E-state index contributed by atoms with van der Waals surface area (Å²) in [6.45, 7) is 2.95. The number of nitrogens with one attached hydrogen (secondary N) is 1. The van der Waals surface area contributed by atoms with Crippen LogP contribution in [0.3, 0.4) is 0 Å². The topological polar surface area (TPSA) is 291 Å². The number of anilines is 1. The second-order valence-corrected chi connectivity index (χ2v) is 30.0. The highest BCUT2D eigenvalue weighted by molar-refractivity contribution is 7.93. The Morgan fingerprint density at radius 2 is 1.51 bits per heavy atom. The van der Waals surface area contributed by atoms with Gasteiger partial charge in [0, 0.05) is 58.0 Å². The van der Waals surface area contributed by atoms with Gasteiger partial charge >= 0.3 is 27.8 Å². The van der Waals surface area contributed by atoms with E-state index in [9.17, 15) is 90.3 Å². The summed E-state index contributed by atoms with van der Waals surface area (Å²) in [5.74, 6) is -13.8. The Labute approximate surface area is 488 Å². The molecule has 1 fully saturated rings. The molecule has 1 saturated carbocycles. The third kappa shape index (κ3) is 13.7. The van der Waals surface area contributed by atoms with E-state index in [1.807, 2.05) is 0 Å². The molecular formula is C51H52ClF10N7O13P2S2. The van der Waals surface area contributed by atoms with Crippen LogP contribution in [0.15, 0.2) is 54.6 Å². The van der Waals surface area contributed by atoms with Gasteiger partial charge in [0.15, 0.2) is 21.3 Å². The Morgan fingerprint density at radius 1 is 0.895 bits per heavy atom. The smallest absolute Gasteiger partial charge is 0.404 e. The Kier molecular flexibility index (Phi) is 17.1. The van der Waals surface area contributed by atoms with Crippen molar-refractivity contribution in [1.29, 1.82) is 0 Å². The van der Waals surface area contributed by atoms with Crippen LogP contribution >= 0.6 is 27.0 Å². The molecular weight excluding hydrogens is 1270 g/mol. The van der Waals surface area contributed by atoms with Gasteiger partial charge in [0.25, 0.3) is 5.92 Å². The van der Waals surface area contributed by atoms with Crippen LogP contribution in [-0.2, 0) is 82.0 Å². The number of rotatable bonds is 20.